The molecule has 0 amide bonds. The third-order valence-electron chi connectivity index (χ3n) is 5.57. The summed E-state index contributed by atoms with van der Waals surface area (Å²) >= 11 is 0. The molecule has 1 fully saturated rings. The van der Waals surface area contributed by atoms with E-state index in [1.807, 2.05) is 0 Å². The van der Waals surface area contributed by atoms with Crippen LogP contribution < -0.4 is 16.6 Å². The van der Waals surface area contributed by atoms with E-state index in [1.165, 1.54) is 12.1 Å². The van der Waals surface area contributed by atoms with Gasteiger partial charge in [0.2, 0.25) is 11.9 Å². The predicted molar refractivity (Wildman–Crippen MR) is 127 cm³/mol. The van der Waals surface area contributed by atoms with Crippen molar-refractivity contribution in [1.82, 2.24) is 15.0 Å². The van der Waals surface area contributed by atoms with Gasteiger partial charge >= 0.3 is 0 Å². The monoisotopic (exact) mass is 618 g/mol. The highest BCUT2D eigenvalue weighted by atomic mass is 31.0. The minimum Gasteiger partial charge on any atom is -0.398 e. The Morgan fingerprint density at radius 3 is 1.22 bits per heavy atom. The molecule has 2 unspecified atom stereocenters. The van der Waals surface area contributed by atoms with Gasteiger partial charge in [0, 0.05) is 16.7 Å². The van der Waals surface area contributed by atoms with E-state index in [1.54, 1.807) is 18.5 Å². The molecular weight excluding hydrogens is 612 g/mol. The number of pyridine rings is 3. The van der Waals surface area contributed by atoms with E-state index in [4.69, 9.17) is 5.73 Å². The van der Waals surface area contributed by atoms with E-state index in [-0.39, 0.29) is 0 Å². The first-order valence-corrected chi connectivity index (χ1v) is 11.4. The summed E-state index contributed by atoms with van der Waals surface area (Å²) in [6, 6.07) is 2.42. The van der Waals surface area contributed by atoms with Gasteiger partial charge in [-0.05, 0) is 0 Å². The molecule has 0 bridgehead atoms. The Bertz CT molecular complexity index is 1730. The molecule has 18 heteroatoms. The largest absolute Gasteiger partial charge is 0.398 e. The van der Waals surface area contributed by atoms with Gasteiger partial charge in [-0.15, -0.1) is 0 Å². The molecule has 0 aliphatic heterocycles. The van der Waals surface area contributed by atoms with Gasteiger partial charge < -0.3 is 5.73 Å². The number of hydrogen-bond acceptors (Lipinski definition) is 6. The lowest BCUT2D eigenvalue weighted by atomic mass is 10.0. The summed E-state index contributed by atoms with van der Waals surface area (Å²) in [4.78, 5) is 8.14. The molecule has 3 aromatic rings. The van der Waals surface area contributed by atoms with Gasteiger partial charge in [0.05, 0.1) is 44.4 Å². The molecule has 0 aromatic carbocycles. The van der Waals surface area contributed by atoms with Crippen LogP contribution in [-0.2, 0) is 0 Å². The van der Waals surface area contributed by atoms with Crippen LogP contribution in [0.3, 0.4) is 0 Å². The first kappa shape index (κ1) is 29.6. The highest BCUT2D eigenvalue weighted by Crippen LogP contribution is 2.56. The summed E-state index contributed by atoms with van der Waals surface area (Å²) in [6.45, 7) is 0. The van der Waals surface area contributed by atoms with Crippen molar-refractivity contribution in [1.29, 1.82) is 10.5 Å². The topological polar surface area (TPSA) is 112 Å². The van der Waals surface area contributed by atoms with Crippen LogP contribution >= 0.6 is 18.5 Å². The van der Waals surface area contributed by atoms with E-state index in [0.717, 1.165) is 0 Å². The number of hydrogen-bond donors (Lipinski definition) is 1. The maximum absolute atomic E-state index is 14.9. The van der Waals surface area contributed by atoms with Gasteiger partial charge in [-0.25, -0.2) is 36.3 Å². The normalized spacial score (nSPS) is 16.2. The smallest absolute Gasteiger partial charge is 0.252 e. The summed E-state index contributed by atoms with van der Waals surface area (Å²) in [5.41, 5.74) is -7.35. The lowest BCUT2D eigenvalue weighted by molar-refractivity contribution is 0.404. The molecule has 1 aliphatic rings. The van der Waals surface area contributed by atoms with Crippen molar-refractivity contribution in [3.8, 4) is 12.1 Å². The Morgan fingerprint density at radius 2 is 0.829 bits per heavy atom. The van der Waals surface area contributed by atoms with E-state index < -0.39 is 120 Å². The molecule has 0 radical (unpaired) electrons. The zero-order valence-corrected chi connectivity index (χ0v) is 21.6. The van der Waals surface area contributed by atoms with Crippen molar-refractivity contribution in [2.24, 2.45) is 5.73 Å². The van der Waals surface area contributed by atoms with Gasteiger partial charge in [-0.2, -0.15) is 33.1 Å². The molecular formula is C23H6F10N6P2. The zero-order chi connectivity index (χ0) is 30.7. The number of aromatic nitrogens is 3. The Hall–Kier alpha value is -4.39. The van der Waals surface area contributed by atoms with E-state index >= 15 is 0 Å². The molecule has 3 aromatic heterocycles. The van der Waals surface area contributed by atoms with E-state index in [9.17, 15) is 54.4 Å². The third kappa shape index (κ3) is 4.59. The zero-order valence-electron chi connectivity index (χ0n) is 19.2. The van der Waals surface area contributed by atoms with Crippen molar-refractivity contribution < 1.29 is 43.9 Å². The second kappa shape index (κ2) is 10.5. The van der Waals surface area contributed by atoms with Crippen molar-refractivity contribution in [2.75, 3.05) is 0 Å². The predicted octanol–water partition coefficient (Wildman–Crippen LogP) is 3.90. The average molecular weight is 618 g/mol. The molecule has 0 spiro atoms. The van der Waals surface area contributed by atoms with Crippen LogP contribution in [0.2, 0.25) is 0 Å². The lowest BCUT2D eigenvalue weighted by Crippen LogP contribution is -2.16. The first-order valence-electron chi connectivity index (χ1n) is 10.3. The molecule has 2 atom stereocenters. The van der Waals surface area contributed by atoms with Crippen LogP contribution in [0.5, 0.6) is 0 Å². The number of allylic oxidation sites excluding steroid dienone is 5. The quantitative estimate of drug-likeness (QED) is 0.206. The van der Waals surface area contributed by atoms with Crippen molar-refractivity contribution in [2.45, 2.75) is 0 Å². The van der Waals surface area contributed by atoms with Crippen molar-refractivity contribution >= 4 is 46.2 Å². The fraction of sp³-hybridized carbons (Fsp3) is 0. The van der Waals surface area contributed by atoms with Crippen LogP contribution in [0, 0.1) is 81.4 Å². The van der Waals surface area contributed by atoms with Crippen LogP contribution in [0.15, 0.2) is 16.7 Å². The summed E-state index contributed by atoms with van der Waals surface area (Å²) in [5.74, 6) is -20.3. The van der Waals surface area contributed by atoms with Gasteiger partial charge in [0.25, 0.3) is 11.9 Å². The van der Waals surface area contributed by atoms with Crippen molar-refractivity contribution in [3.05, 3.63) is 92.1 Å². The number of rotatable bonds is 3. The highest BCUT2D eigenvalue weighted by molar-refractivity contribution is 7.27. The summed E-state index contributed by atoms with van der Waals surface area (Å²) in [7, 11) is 3.17. The lowest BCUT2D eigenvalue weighted by Gasteiger charge is -2.08. The van der Waals surface area contributed by atoms with Gasteiger partial charge in [-0.1, -0.05) is 18.5 Å². The van der Waals surface area contributed by atoms with Gasteiger partial charge in [0.1, 0.15) is 12.1 Å². The highest BCUT2D eigenvalue weighted by Gasteiger charge is 2.45. The molecule has 6 nitrogen and oxygen atoms in total. The fourth-order valence-electron chi connectivity index (χ4n) is 3.78. The average Bonchev–Trinajstić information content (AvgIpc) is 3.64. The number of nitrogens with zero attached hydrogens (tertiary/aromatic N) is 5. The maximum Gasteiger partial charge on any atom is 0.252 e. The number of nitriles is 2. The SMILES string of the molecule is N#C/C(=C1\C(=C(N)c2c(F)c(F)nc(P)c2F)\C1=C(\C#N)c1c(F)c(F)nc(P)c1F)c1c(F)c(F)nc(F)c1F. The van der Waals surface area contributed by atoms with Crippen LogP contribution in [0.4, 0.5) is 43.9 Å². The Balaban J connectivity index is 2.28. The molecule has 1 saturated carbocycles. The van der Waals surface area contributed by atoms with Crippen molar-refractivity contribution in [3.63, 3.8) is 0 Å². The van der Waals surface area contributed by atoms with Gasteiger partial charge in [0.15, 0.2) is 34.9 Å². The number of nitrogens with two attached hydrogens (primary N) is 1. The van der Waals surface area contributed by atoms with E-state index in [2.05, 4.69) is 15.0 Å². The second-order valence-corrected chi connectivity index (χ2v) is 8.88. The molecule has 3 heterocycles. The Labute approximate surface area is 225 Å². The first-order chi connectivity index (χ1) is 19.2. The molecule has 0 saturated heterocycles. The number of halogens is 10. The van der Waals surface area contributed by atoms with Crippen LogP contribution in [0.1, 0.15) is 16.7 Å². The summed E-state index contributed by atoms with van der Waals surface area (Å²) in [5, 5.41) is 19.5. The van der Waals surface area contributed by atoms with Gasteiger partial charge in [-0.3, -0.25) is 0 Å². The van der Waals surface area contributed by atoms with Crippen LogP contribution in [0.25, 0.3) is 16.8 Å². The second-order valence-electron chi connectivity index (χ2n) is 7.79. The fourth-order valence-corrected chi connectivity index (χ4v) is 4.30. The summed E-state index contributed by atoms with van der Waals surface area (Å²) < 4.78 is 144. The molecule has 41 heavy (non-hydrogen) atoms. The summed E-state index contributed by atoms with van der Waals surface area (Å²) in [6.07, 6.45) is 0. The van der Waals surface area contributed by atoms with Crippen LogP contribution in [-0.4, -0.2) is 15.0 Å². The Kier molecular flexibility index (Phi) is 7.61. The Morgan fingerprint density at radius 1 is 0.512 bits per heavy atom. The molecule has 1 aliphatic carbocycles. The minimum absolute atomic E-state index is 0.850. The standard InChI is InChI=1S/C23H6F10N6P2/c24-11-7(12(25)19(31)37-18(11)30)3(1-34)5-6(4(2-35)8-13(26)20(32)38-22(40)15(8)28)9(5)17(36)10-14(27)21(33)39-23(41)16(10)29/h36,40-41H2/b5-3+,6-4-,17-9?. The van der Waals surface area contributed by atoms with E-state index in [0.29, 0.717) is 0 Å². The minimum atomic E-state index is -2.25. The molecule has 4 rings (SSSR count). The third-order valence-corrected chi connectivity index (χ3v) is 6.34. The molecule has 2 N–H and O–H groups in total. The maximum atomic E-state index is 14.9. The molecule has 208 valence electrons.